The van der Waals surface area contributed by atoms with Crippen molar-refractivity contribution >= 4 is 11.8 Å². The molecule has 2 amide bonds. The first-order valence-electron chi connectivity index (χ1n) is 6.35. The second-order valence-corrected chi connectivity index (χ2v) is 4.48. The van der Waals surface area contributed by atoms with Crippen molar-refractivity contribution in [3.05, 3.63) is 0 Å². The molecule has 1 saturated heterocycles. The quantitative estimate of drug-likeness (QED) is 0.727. The lowest BCUT2D eigenvalue weighted by Gasteiger charge is -2.21. The first kappa shape index (κ1) is 14.0. The van der Waals surface area contributed by atoms with Crippen molar-refractivity contribution in [3.63, 3.8) is 0 Å². The van der Waals surface area contributed by atoms with E-state index in [1.165, 1.54) is 0 Å². The van der Waals surface area contributed by atoms with E-state index in [0.717, 1.165) is 19.3 Å². The lowest BCUT2D eigenvalue weighted by Crippen LogP contribution is -2.45. The van der Waals surface area contributed by atoms with Gasteiger partial charge in [-0.3, -0.25) is 9.59 Å². The minimum absolute atomic E-state index is 0.0593. The Balaban J connectivity index is 2.40. The highest BCUT2D eigenvalue weighted by molar-refractivity contribution is 5.85. The molecule has 17 heavy (non-hydrogen) atoms. The van der Waals surface area contributed by atoms with E-state index in [2.05, 4.69) is 5.32 Å². The zero-order valence-electron chi connectivity index (χ0n) is 10.4. The summed E-state index contributed by atoms with van der Waals surface area (Å²) in [7, 11) is 0. The topological polar surface area (TPSA) is 69.6 Å². The SMILES string of the molecule is CCC(CO)NC(=O)CN1CCCCCC1=O. The molecule has 1 heterocycles. The molecule has 1 atom stereocenters. The van der Waals surface area contributed by atoms with Crippen molar-refractivity contribution in [3.8, 4) is 0 Å². The van der Waals surface area contributed by atoms with Gasteiger partial charge in [-0.25, -0.2) is 0 Å². The van der Waals surface area contributed by atoms with E-state index in [0.29, 0.717) is 19.4 Å². The summed E-state index contributed by atoms with van der Waals surface area (Å²) >= 11 is 0. The fourth-order valence-electron chi connectivity index (χ4n) is 1.93. The number of nitrogens with one attached hydrogen (secondary N) is 1. The lowest BCUT2D eigenvalue weighted by atomic mass is 10.2. The van der Waals surface area contributed by atoms with Crippen molar-refractivity contribution in [1.82, 2.24) is 10.2 Å². The van der Waals surface area contributed by atoms with Gasteiger partial charge in [0.2, 0.25) is 11.8 Å². The summed E-state index contributed by atoms with van der Waals surface area (Å²) < 4.78 is 0. The Bertz CT molecular complexity index is 264. The Kier molecular flexibility index (Phi) is 5.97. The average molecular weight is 242 g/mol. The van der Waals surface area contributed by atoms with Crippen LogP contribution in [0, 0.1) is 0 Å². The maximum Gasteiger partial charge on any atom is 0.239 e. The predicted molar refractivity (Wildman–Crippen MR) is 64.4 cm³/mol. The number of aliphatic hydroxyl groups is 1. The predicted octanol–water partition coefficient (Wildman–Crippen LogP) is 0.276. The second-order valence-electron chi connectivity index (χ2n) is 4.48. The average Bonchev–Trinajstić information content (AvgIpc) is 2.52. The number of carbonyl (C=O) groups excluding carboxylic acids is 2. The third-order valence-corrected chi connectivity index (χ3v) is 3.08. The third-order valence-electron chi connectivity index (χ3n) is 3.08. The van der Waals surface area contributed by atoms with Crippen LogP contribution >= 0.6 is 0 Å². The smallest absolute Gasteiger partial charge is 0.239 e. The number of amides is 2. The normalized spacial score (nSPS) is 18.7. The Labute approximate surface area is 102 Å². The highest BCUT2D eigenvalue weighted by atomic mass is 16.3. The zero-order valence-corrected chi connectivity index (χ0v) is 10.4. The molecular weight excluding hydrogens is 220 g/mol. The largest absolute Gasteiger partial charge is 0.394 e. The summed E-state index contributed by atoms with van der Waals surface area (Å²) in [5, 5.41) is 11.7. The summed E-state index contributed by atoms with van der Waals surface area (Å²) in [5.74, 6) is -0.115. The van der Waals surface area contributed by atoms with Crippen molar-refractivity contribution in [2.24, 2.45) is 0 Å². The Hall–Kier alpha value is -1.10. The fourth-order valence-corrected chi connectivity index (χ4v) is 1.93. The van der Waals surface area contributed by atoms with Gasteiger partial charge < -0.3 is 15.3 Å². The Morgan fingerprint density at radius 3 is 2.88 bits per heavy atom. The number of likely N-dealkylation sites (tertiary alicyclic amines) is 1. The maximum atomic E-state index is 11.7. The molecule has 0 bridgehead atoms. The monoisotopic (exact) mass is 242 g/mol. The highest BCUT2D eigenvalue weighted by Crippen LogP contribution is 2.10. The van der Waals surface area contributed by atoms with E-state index in [4.69, 9.17) is 5.11 Å². The first-order chi connectivity index (χ1) is 8.17. The van der Waals surface area contributed by atoms with Crippen molar-refractivity contribution < 1.29 is 14.7 Å². The maximum absolute atomic E-state index is 11.7. The molecule has 98 valence electrons. The van der Waals surface area contributed by atoms with Crippen LogP contribution in [0.1, 0.15) is 39.0 Å². The van der Waals surface area contributed by atoms with Crippen LogP contribution in [-0.4, -0.2) is 47.6 Å². The number of hydrogen-bond donors (Lipinski definition) is 2. The Morgan fingerprint density at radius 1 is 1.47 bits per heavy atom. The van der Waals surface area contributed by atoms with Gasteiger partial charge in [0.25, 0.3) is 0 Å². The van der Waals surface area contributed by atoms with Crippen LogP contribution in [-0.2, 0) is 9.59 Å². The molecule has 5 heteroatoms. The summed E-state index contributed by atoms with van der Waals surface area (Å²) in [5.41, 5.74) is 0. The van der Waals surface area contributed by atoms with E-state index in [1.807, 2.05) is 6.92 Å². The number of nitrogens with zero attached hydrogens (tertiary/aromatic N) is 1. The van der Waals surface area contributed by atoms with Crippen LogP contribution < -0.4 is 5.32 Å². The molecule has 0 aromatic carbocycles. The minimum Gasteiger partial charge on any atom is -0.394 e. The number of carbonyl (C=O) groups is 2. The summed E-state index contributed by atoms with van der Waals surface area (Å²) in [6.07, 6.45) is 4.18. The van der Waals surface area contributed by atoms with Crippen LogP contribution in [0.4, 0.5) is 0 Å². The van der Waals surface area contributed by atoms with Crippen LogP contribution in [0.25, 0.3) is 0 Å². The first-order valence-corrected chi connectivity index (χ1v) is 6.35. The molecule has 1 aliphatic heterocycles. The molecule has 0 spiro atoms. The third kappa shape index (κ3) is 4.73. The van der Waals surface area contributed by atoms with Gasteiger partial charge in [0.05, 0.1) is 19.2 Å². The van der Waals surface area contributed by atoms with Crippen LogP contribution in [0.3, 0.4) is 0 Å². The second kappa shape index (κ2) is 7.27. The van der Waals surface area contributed by atoms with Crippen LogP contribution in [0.15, 0.2) is 0 Å². The van der Waals surface area contributed by atoms with Gasteiger partial charge in [0.15, 0.2) is 0 Å². The highest BCUT2D eigenvalue weighted by Gasteiger charge is 2.20. The van der Waals surface area contributed by atoms with E-state index >= 15 is 0 Å². The van der Waals surface area contributed by atoms with E-state index < -0.39 is 0 Å². The van der Waals surface area contributed by atoms with Crippen molar-refractivity contribution in [1.29, 1.82) is 0 Å². The molecule has 0 aromatic heterocycles. The minimum atomic E-state index is -0.204. The number of rotatable bonds is 5. The van der Waals surface area contributed by atoms with Crippen LogP contribution in [0.2, 0.25) is 0 Å². The molecule has 1 unspecified atom stereocenters. The summed E-state index contributed by atoms with van der Waals surface area (Å²) in [6.45, 7) is 2.63. The van der Waals surface area contributed by atoms with E-state index in [-0.39, 0.29) is 31.0 Å². The molecule has 5 nitrogen and oxygen atoms in total. The number of aliphatic hydroxyl groups excluding tert-OH is 1. The molecule has 0 saturated carbocycles. The van der Waals surface area contributed by atoms with Crippen molar-refractivity contribution in [2.45, 2.75) is 45.1 Å². The van der Waals surface area contributed by atoms with Gasteiger partial charge in [-0.1, -0.05) is 13.3 Å². The van der Waals surface area contributed by atoms with E-state index in [9.17, 15) is 9.59 Å². The van der Waals surface area contributed by atoms with E-state index in [1.54, 1.807) is 4.90 Å². The molecule has 2 N–H and O–H groups in total. The van der Waals surface area contributed by atoms with Gasteiger partial charge >= 0.3 is 0 Å². The number of hydrogen-bond acceptors (Lipinski definition) is 3. The molecule has 1 fully saturated rings. The zero-order chi connectivity index (χ0) is 12.7. The van der Waals surface area contributed by atoms with Crippen molar-refractivity contribution in [2.75, 3.05) is 19.7 Å². The van der Waals surface area contributed by atoms with Gasteiger partial charge in [-0.05, 0) is 19.3 Å². The molecule has 0 radical (unpaired) electrons. The lowest BCUT2D eigenvalue weighted by molar-refractivity contribution is -0.135. The molecular formula is C12H22N2O3. The van der Waals surface area contributed by atoms with Gasteiger partial charge in [-0.2, -0.15) is 0 Å². The molecule has 1 aliphatic rings. The molecule has 0 aliphatic carbocycles. The van der Waals surface area contributed by atoms with Crippen LogP contribution in [0.5, 0.6) is 0 Å². The summed E-state index contributed by atoms with van der Waals surface area (Å²) in [4.78, 5) is 25.0. The molecule has 0 aromatic rings. The van der Waals surface area contributed by atoms with Gasteiger partial charge in [0, 0.05) is 13.0 Å². The standard InChI is InChI=1S/C12H22N2O3/c1-2-10(9-15)13-11(16)8-14-7-5-3-4-6-12(14)17/h10,15H,2-9H2,1H3,(H,13,16). The summed E-state index contributed by atoms with van der Waals surface area (Å²) in [6, 6.07) is -0.204. The van der Waals surface area contributed by atoms with Gasteiger partial charge in [0.1, 0.15) is 0 Å². The van der Waals surface area contributed by atoms with Gasteiger partial charge in [-0.15, -0.1) is 0 Å². The Morgan fingerprint density at radius 2 is 2.24 bits per heavy atom. The fraction of sp³-hybridized carbons (Fsp3) is 0.833. The molecule has 1 rings (SSSR count).